The van der Waals surface area contributed by atoms with E-state index in [2.05, 4.69) is 183 Å². The Hall–Kier alpha value is -7.68. The SMILES string of the molecule is C=CC=C.C=Cc1oc2ccc(-c3ccc4c(c3)c3c5cccc6c5c(cc3n4-c3ccc4c5ccccc5c5ccccc5c4c3)-c3ccccc3-6)cc2c1C=C. The second-order valence-electron chi connectivity index (χ2n) is 15.0. The first-order valence-corrected chi connectivity index (χ1v) is 19.6. The van der Waals surface area contributed by atoms with E-state index in [1.54, 1.807) is 18.2 Å². The van der Waals surface area contributed by atoms with Crippen LogP contribution in [0.3, 0.4) is 0 Å². The summed E-state index contributed by atoms with van der Waals surface area (Å²) in [5.41, 5.74) is 12.8. The number of rotatable bonds is 5. The number of aromatic nitrogens is 1. The molecule has 1 aliphatic rings. The second kappa shape index (κ2) is 12.9. The van der Waals surface area contributed by atoms with Gasteiger partial charge in [-0.15, -0.1) is 0 Å². The summed E-state index contributed by atoms with van der Waals surface area (Å²) in [5.74, 6) is 0.747. The molecule has 0 saturated heterocycles. The minimum absolute atomic E-state index is 0.747. The molecule has 11 aromatic rings. The van der Waals surface area contributed by atoms with Gasteiger partial charge in [-0.2, -0.15) is 0 Å². The third kappa shape index (κ3) is 4.73. The molecule has 0 unspecified atom stereocenters. The fraction of sp³-hybridized carbons (Fsp3) is 0. The van der Waals surface area contributed by atoms with E-state index in [4.69, 9.17) is 4.42 Å². The van der Waals surface area contributed by atoms with E-state index >= 15 is 0 Å². The molecule has 12 rings (SSSR count). The summed E-state index contributed by atoms with van der Waals surface area (Å²) in [6, 6.07) is 56.2. The van der Waals surface area contributed by atoms with Crippen LogP contribution in [-0.2, 0) is 0 Å². The zero-order valence-corrected chi connectivity index (χ0v) is 31.9. The zero-order valence-electron chi connectivity index (χ0n) is 31.9. The monoisotopic (exact) mass is 739 g/mol. The molecule has 2 heterocycles. The first kappa shape index (κ1) is 33.6. The molecule has 0 spiro atoms. The number of hydrogen-bond acceptors (Lipinski definition) is 1. The van der Waals surface area contributed by atoms with Crippen LogP contribution in [0.5, 0.6) is 0 Å². The predicted octanol–water partition coefficient (Wildman–Crippen LogP) is 16.1. The average Bonchev–Trinajstić information content (AvgIpc) is 3.94. The maximum absolute atomic E-state index is 6.10. The smallest absolute Gasteiger partial charge is 0.135 e. The molecule has 0 atom stereocenters. The number of hydrogen-bond donors (Lipinski definition) is 0. The van der Waals surface area contributed by atoms with Crippen LogP contribution < -0.4 is 0 Å². The Morgan fingerprint density at radius 3 is 1.66 bits per heavy atom. The van der Waals surface area contributed by atoms with Crippen LogP contribution in [0.15, 0.2) is 195 Å². The minimum atomic E-state index is 0.747. The Balaban J connectivity index is 0.000000924. The molecule has 2 aromatic heterocycles. The van der Waals surface area contributed by atoms with Crippen molar-refractivity contribution in [3.63, 3.8) is 0 Å². The lowest BCUT2D eigenvalue weighted by Crippen LogP contribution is -1.95. The summed E-state index contributed by atoms with van der Waals surface area (Å²) in [5, 5.41) is 13.8. The summed E-state index contributed by atoms with van der Waals surface area (Å²) in [6.07, 6.45) is 6.90. The van der Waals surface area contributed by atoms with Gasteiger partial charge in [0.05, 0.1) is 11.0 Å². The summed E-state index contributed by atoms with van der Waals surface area (Å²) in [6.45, 7) is 14.8. The van der Waals surface area contributed by atoms with Crippen molar-refractivity contribution in [2.75, 3.05) is 0 Å². The van der Waals surface area contributed by atoms with E-state index in [1.165, 1.54) is 87.1 Å². The van der Waals surface area contributed by atoms with Crippen LogP contribution in [0.2, 0.25) is 0 Å². The fourth-order valence-electron chi connectivity index (χ4n) is 9.55. The first-order valence-electron chi connectivity index (χ1n) is 19.6. The lowest BCUT2D eigenvalue weighted by Gasteiger charge is -2.14. The number of fused-ring (bicyclic) bond motifs is 14. The van der Waals surface area contributed by atoms with E-state index < -0.39 is 0 Å². The molecular formula is C56H37NO. The van der Waals surface area contributed by atoms with Crippen LogP contribution in [0.1, 0.15) is 11.3 Å². The normalized spacial score (nSPS) is 11.7. The highest BCUT2D eigenvalue weighted by atomic mass is 16.3. The number of nitrogens with zero attached hydrogens (tertiary/aromatic N) is 1. The Bertz CT molecular complexity index is 3550. The van der Waals surface area contributed by atoms with Gasteiger partial charge in [-0.25, -0.2) is 0 Å². The Kier molecular flexibility index (Phi) is 7.51. The predicted molar refractivity (Wildman–Crippen MR) is 251 cm³/mol. The molecule has 0 amide bonds. The van der Waals surface area contributed by atoms with Gasteiger partial charge in [-0.05, 0) is 125 Å². The molecule has 1 aliphatic carbocycles. The Morgan fingerprint density at radius 2 is 0.983 bits per heavy atom. The highest BCUT2D eigenvalue weighted by molar-refractivity contribution is 6.30. The summed E-state index contributed by atoms with van der Waals surface area (Å²) < 4.78 is 8.59. The van der Waals surface area contributed by atoms with Gasteiger partial charge in [0.15, 0.2) is 0 Å². The molecule has 272 valence electrons. The third-order valence-corrected chi connectivity index (χ3v) is 12.0. The maximum atomic E-state index is 6.10. The van der Waals surface area contributed by atoms with Crippen molar-refractivity contribution in [2.24, 2.45) is 0 Å². The molecule has 2 nitrogen and oxygen atoms in total. The molecule has 0 fully saturated rings. The molecule has 2 heteroatoms. The standard InChI is InChI=1S/C52H31NO.C4H6/c1-3-33-44-26-31(21-25-50(44)54-49(33)4-2)30-20-24-47-46(27-30)52-42-19-11-18-41-37-15-8-10-17-39(37)45(51(41)42)29-48(52)53(47)32-22-23-40-36-14-6-5-12-34(36)35-13-7-9-16-38(35)43(40)28-32;1-3-4-2/h3-29H,1-2H2;3-4H,1-2H2. The quantitative estimate of drug-likeness (QED) is 0.127. The molecular weight excluding hydrogens is 703 g/mol. The lowest BCUT2D eigenvalue weighted by molar-refractivity contribution is 0.603. The molecule has 9 aromatic carbocycles. The van der Waals surface area contributed by atoms with Crippen molar-refractivity contribution in [3.05, 3.63) is 201 Å². The van der Waals surface area contributed by atoms with Gasteiger partial charge in [0.2, 0.25) is 0 Å². The van der Waals surface area contributed by atoms with Gasteiger partial charge in [0.1, 0.15) is 11.3 Å². The van der Waals surface area contributed by atoms with E-state index in [-0.39, 0.29) is 0 Å². The van der Waals surface area contributed by atoms with Crippen LogP contribution in [0, 0.1) is 0 Å². The minimum Gasteiger partial charge on any atom is -0.456 e. The van der Waals surface area contributed by atoms with Crippen molar-refractivity contribution < 1.29 is 4.42 Å². The Morgan fingerprint density at radius 1 is 0.397 bits per heavy atom. The van der Waals surface area contributed by atoms with Crippen molar-refractivity contribution >= 4 is 88.0 Å². The molecule has 58 heavy (non-hydrogen) atoms. The van der Waals surface area contributed by atoms with E-state index in [1.807, 2.05) is 6.08 Å². The van der Waals surface area contributed by atoms with Crippen molar-refractivity contribution in [1.29, 1.82) is 0 Å². The van der Waals surface area contributed by atoms with Crippen LogP contribution in [0.25, 0.3) is 127 Å². The van der Waals surface area contributed by atoms with Crippen LogP contribution in [0.4, 0.5) is 0 Å². The van der Waals surface area contributed by atoms with Gasteiger partial charge >= 0.3 is 0 Å². The van der Waals surface area contributed by atoms with Crippen LogP contribution >= 0.6 is 0 Å². The number of benzene rings is 9. The van der Waals surface area contributed by atoms with E-state index in [0.29, 0.717) is 0 Å². The van der Waals surface area contributed by atoms with Crippen molar-refractivity contribution in [3.8, 4) is 39.1 Å². The highest BCUT2D eigenvalue weighted by Crippen LogP contribution is 2.51. The summed E-state index contributed by atoms with van der Waals surface area (Å²) >= 11 is 0. The molecule has 0 aliphatic heterocycles. The van der Waals surface area contributed by atoms with Crippen molar-refractivity contribution in [1.82, 2.24) is 4.57 Å². The van der Waals surface area contributed by atoms with Crippen LogP contribution in [-0.4, -0.2) is 4.57 Å². The molecule has 0 radical (unpaired) electrons. The van der Waals surface area contributed by atoms with Gasteiger partial charge in [0.25, 0.3) is 0 Å². The Labute approximate surface area is 336 Å². The number of allylic oxidation sites excluding steroid dienone is 2. The second-order valence-corrected chi connectivity index (χ2v) is 15.0. The average molecular weight is 740 g/mol. The molecule has 0 N–H and O–H groups in total. The summed E-state index contributed by atoms with van der Waals surface area (Å²) in [4.78, 5) is 0. The van der Waals surface area contributed by atoms with E-state index in [9.17, 15) is 0 Å². The lowest BCUT2D eigenvalue weighted by atomic mass is 9.94. The maximum Gasteiger partial charge on any atom is 0.135 e. The largest absolute Gasteiger partial charge is 0.456 e. The first-order chi connectivity index (χ1) is 28.6. The molecule has 0 saturated carbocycles. The molecule has 0 bridgehead atoms. The van der Waals surface area contributed by atoms with Gasteiger partial charge in [-0.1, -0.05) is 154 Å². The topological polar surface area (TPSA) is 18.1 Å². The van der Waals surface area contributed by atoms with Crippen molar-refractivity contribution in [2.45, 2.75) is 0 Å². The van der Waals surface area contributed by atoms with E-state index in [0.717, 1.165) is 39.1 Å². The highest BCUT2D eigenvalue weighted by Gasteiger charge is 2.26. The number of furan rings is 1. The van der Waals surface area contributed by atoms with Gasteiger partial charge in [-0.3, -0.25) is 0 Å². The fourth-order valence-corrected chi connectivity index (χ4v) is 9.55. The zero-order chi connectivity index (χ0) is 39.1. The van der Waals surface area contributed by atoms with Gasteiger partial charge < -0.3 is 8.98 Å². The third-order valence-electron chi connectivity index (χ3n) is 12.0. The van der Waals surface area contributed by atoms with Gasteiger partial charge in [0, 0.05) is 27.4 Å². The summed E-state index contributed by atoms with van der Waals surface area (Å²) in [7, 11) is 0.